The molecule has 0 bridgehead atoms. The van der Waals surface area contributed by atoms with Crippen LogP contribution in [0.25, 0.3) is 11.3 Å². The van der Waals surface area contributed by atoms with Crippen molar-refractivity contribution in [2.75, 3.05) is 59.0 Å². The molecule has 1 aromatic carbocycles. The van der Waals surface area contributed by atoms with Crippen molar-refractivity contribution in [2.24, 2.45) is 0 Å². The van der Waals surface area contributed by atoms with E-state index in [1.807, 2.05) is 36.1 Å². The Hall–Kier alpha value is -2.71. The number of carbonyl (C=O) groups is 2. The summed E-state index contributed by atoms with van der Waals surface area (Å²) in [5, 5.41) is 4.04. The zero-order valence-corrected chi connectivity index (χ0v) is 16.7. The van der Waals surface area contributed by atoms with E-state index < -0.39 is 0 Å². The number of morpholine rings is 1. The second-order valence-corrected chi connectivity index (χ2v) is 7.50. The van der Waals surface area contributed by atoms with Crippen molar-refractivity contribution in [3.05, 3.63) is 41.7 Å². The number of hydrogen-bond donors (Lipinski definition) is 0. The lowest BCUT2D eigenvalue weighted by Crippen LogP contribution is -2.52. The second-order valence-electron chi connectivity index (χ2n) is 7.50. The van der Waals surface area contributed by atoms with Crippen molar-refractivity contribution in [3.8, 4) is 11.3 Å². The predicted octanol–water partition coefficient (Wildman–Crippen LogP) is 1.27. The highest BCUT2D eigenvalue weighted by atomic mass is 16.5. The van der Waals surface area contributed by atoms with E-state index in [1.165, 1.54) is 5.56 Å². The lowest BCUT2D eigenvalue weighted by molar-refractivity contribution is -0.136. The van der Waals surface area contributed by atoms with Crippen molar-refractivity contribution in [2.45, 2.75) is 6.92 Å². The monoisotopic (exact) mass is 398 g/mol. The average molecular weight is 398 g/mol. The number of rotatable bonds is 4. The third-order valence-corrected chi connectivity index (χ3v) is 5.45. The summed E-state index contributed by atoms with van der Waals surface area (Å²) < 4.78 is 10.6. The summed E-state index contributed by atoms with van der Waals surface area (Å²) in [7, 11) is 0. The van der Waals surface area contributed by atoms with Gasteiger partial charge in [-0.05, 0) is 6.92 Å². The quantitative estimate of drug-likeness (QED) is 0.772. The van der Waals surface area contributed by atoms with Crippen LogP contribution in [0.2, 0.25) is 0 Å². The maximum atomic E-state index is 12.8. The summed E-state index contributed by atoms with van der Waals surface area (Å²) in [4.78, 5) is 30.9. The highest BCUT2D eigenvalue weighted by molar-refractivity contribution is 5.92. The number of benzene rings is 1. The lowest BCUT2D eigenvalue weighted by Gasteiger charge is -2.35. The van der Waals surface area contributed by atoms with E-state index in [9.17, 15) is 9.59 Å². The summed E-state index contributed by atoms with van der Waals surface area (Å²) in [6, 6.07) is 9.63. The Morgan fingerprint density at radius 3 is 2.34 bits per heavy atom. The lowest BCUT2D eigenvalue weighted by atomic mass is 10.1. The Morgan fingerprint density at radius 1 is 0.966 bits per heavy atom. The van der Waals surface area contributed by atoms with Gasteiger partial charge in [-0.1, -0.05) is 35.0 Å². The maximum absolute atomic E-state index is 12.8. The number of aromatic nitrogens is 1. The molecule has 2 aliphatic rings. The molecule has 0 radical (unpaired) electrons. The van der Waals surface area contributed by atoms with Crippen molar-refractivity contribution in [3.63, 3.8) is 0 Å². The third-order valence-electron chi connectivity index (χ3n) is 5.45. The number of nitrogens with zero attached hydrogens (tertiary/aromatic N) is 4. The first-order valence-electron chi connectivity index (χ1n) is 10.0. The van der Waals surface area contributed by atoms with Crippen molar-refractivity contribution in [1.82, 2.24) is 19.9 Å². The summed E-state index contributed by atoms with van der Waals surface area (Å²) >= 11 is 0. The van der Waals surface area contributed by atoms with Crippen LogP contribution in [0.4, 0.5) is 0 Å². The molecule has 154 valence electrons. The van der Waals surface area contributed by atoms with Crippen LogP contribution in [0.1, 0.15) is 16.1 Å². The first-order chi connectivity index (χ1) is 14.1. The van der Waals surface area contributed by atoms with Gasteiger partial charge in [0.1, 0.15) is 5.69 Å². The Labute approximate surface area is 170 Å². The number of piperazine rings is 1. The fraction of sp³-hybridized carbons (Fsp3) is 0.476. The van der Waals surface area contributed by atoms with Crippen LogP contribution in [-0.2, 0) is 9.53 Å². The number of carbonyl (C=O) groups excluding carboxylic acids is 2. The van der Waals surface area contributed by atoms with Gasteiger partial charge in [-0.2, -0.15) is 0 Å². The molecule has 2 fully saturated rings. The molecule has 1 aromatic heterocycles. The van der Waals surface area contributed by atoms with Gasteiger partial charge in [0.05, 0.1) is 19.8 Å². The molecular formula is C21H26N4O4. The van der Waals surface area contributed by atoms with Gasteiger partial charge in [-0.3, -0.25) is 14.5 Å². The van der Waals surface area contributed by atoms with E-state index in [0.29, 0.717) is 64.7 Å². The Balaban J connectivity index is 1.30. The molecule has 2 amide bonds. The van der Waals surface area contributed by atoms with Gasteiger partial charge < -0.3 is 19.1 Å². The molecule has 0 aliphatic carbocycles. The minimum absolute atomic E-state index is 0.131. The normalized spacial score (nSPS) is 18.1. The zero-order valence-electron chi connectivity index (χ0n) is 16.7. The minimum Gasteiger partial charge on any atom is -0.378 e. The molecule has 2 aromatic rings. The van der Waals surface area contributed by atoms with Crippen LogP contribution >= 0.6 is 0 Å². The van der Waals surface area contributed by atoms with Gasteiger partial charge in [0.15, 0.2) is 0 Å². The molecule has 29 heavy (non-hydrogen) atoms. The van der Waals surface area contributed by atoms with E-state index in [0.717, 1.165) is 5.56 Å². The van der Waals surface area contributed by atoms with E-state index in [2.05, 4.69) is 10.1 Å². The Bertz CT molecular complexity index is 850. The molecule has 0 saturated carbocycles. The van der Waals surface area contributed by atoms with Gasteiger partial charge in [0, 0.05) is 50.9 Å². The number of aryl methyl sites for hydroxylation is 1. The largest absolute Gasteiger partial charge is 0.378 e. The molecule has 8 heteroatoms. The number of ether oxygens (including phenoxy) is 1. The zero-order chi connectivity index (χ0) is 20.2. The molecule has 0 N–H and O–H groups in total. The van der Waals surface area contributed by atoms with Crippen molar-refractivity contribution >= 4 is 11.8 Å². The Kier molecular flexibility index (Phi) is 5.92. The third kappa shape index (κ3) is 4.65. The fourth-order valence-corrected chi connectivity index (χ4v) is 3.61. The molecule has 2 aliphatic heterocycles. The molecule has 4 rings (SSSR count). The molecule has 0 unspecified atom stereocenters. The van der Waals surface area contributed by atoms with E-state index >= 15 is 0 Å². The Morgan fingerprint density at radius 2 is 1.66 bits per heavy atom. The SMILES string of the molecule is Cc1ccc(-c2cc(C(=O)N3CCN(CC(=O)N4CCOCC4)CC3)on2)cc1. The maximum Gasteiger partial charge on any atom is 0.292 e. The second kappa shape index (κ2) is 8.75. The molecular weight excluding hydrogens is 372 g/mol. The van der Waals surface area contributed by atoms with Gasteiger partial charge in [-0.25, -0.2) is 0 Å². The van der Waals surface area contributed by atoms with Crippen LogP contribution in [0, 0.1) is 6.92 Å². The molecule has 0 spiro atoms. The van der Waals surface area contributed by atoms with Crippen molar-refractivity contribution < 1.29 is 18.8 Å². The fourth-order valence-electron chi connectivity index (χ4n) is 3.61. The van der Waals surface area contributed by atoms with Crippen LogP contribution < -0.4 is 0 Å². The van der Waals surface area contributed by atoms with Gasteiger partial charge in [-0.15, -0.1) is 0 Å². The molecule has 0 atom stereocenters. The minimum atomic E-state index is -0.157. The number of hydrogen-bond acceptors (Lipinski definition) is 6. The van der Waals surface area contributed by atoms with Gasteiger partial charge >= 0.3 is 0 Å². The predicted molar refractivity (Wildman–Crippen MR) is 106 cm³/mol. The molecule has 8 nitrogen and oxygen atoms in total. The van der Waals surface area contributed by atoms with Crippen LogP contribution in [-0.4, -0.2) is 90.7 Å². The van der Waals surface area contributed by atoms with Crippen LogP contribution in [0.3, 0.4) is 0 Å². The topological polar surface area (TPSA) is 79.1 Å². The van der Waals surface area contributed by atoms with Crippen LogP contribution in [0.15, 0.2) is 34.9 Å². The first kappa shape index (κ1) is 19.6. The van der Waals surface area contributed by atoms with Crippen LogP contribution in [0.5, 0.6) is 0 Å². The number of amides is 2. The summed E-state index contributed by atoms with van der Waals surface area (Å²) in [6.45, 7) is 7.41. The smallest absolute Gasteiger partial charge is 0.292 e. The molecule has 3 heterocycles. The van der Waals surface area contributed by atoms with Gasteiger partial charge in [0.2, 0.25) is 11.7 Å². The molecule has 2 saturated heterocycles. The first-order valence-corrected chi connectivity index (χ1v) is 10.0. The summed E-state index contributed by atoms with van der Waals surface area (Å²) in [5.74, 6) is 0.222. The van der Waals surface area contributed by atoms with E-state index in [-0.39, 0.29) is 17.6 Å². The van der Waals surface area contributed by atoms with E-state index in [4.69, 9.17) is 9.26 Å². The van der Waals surface area contributed by atoms with Crippen molar-refractivity contribution in [1.29, 1.82) is 0 Å². The summed E-state index contributed by atoms with van der Waals surface area (Å²) in [6.07, 6.45) is 0. The summed E-state index contributed by atoms with van der Waals surface area (Å²) in [5.41, 5.74) is 2.74. The highest BCUT2D eigenvalue weighted by Crippen LogP contribution is 2.21. The highest BCUT2D eigenvalue weighted by Gasteiger charge is 2.27. The van der Waals surface area contributed by atoms with Gasteiger partial charge in [0.25, 0.3) is 5.91 Å². The average Bonchev–Trinajstić information content (AvgIpc) is 3.25. The van der Waals surface area contributed by atoms with E-state index in [1.54, 1.807) is 11.0 Å². The standard InChI is InChI=1S/C21H26N4O4/c1-16-2-4-17(5-3-16)18-14-19(29-22-18)21(27)25-8-6-23(7-9-25)15-20(26)24-10-12-28-13-11-24/h2-5,14H,6-13,15H2,1H3.